The van der Waals surface area contributed by atoms with Gasteiger partial charge >= 0.3 is 0 Å². The van der Waals surface area contributed by atoms with Gasteiger partial charge in [-0.2, -0.15) is 0 Å². The van der Waals surface area contributed by atoms with Crippen molar-refractivity contribution in [3.63, 3.8) is 0 Å². The van der Waals surface area contributed by atoms with Crippen LogP contribution < -0.4 is 5.73 Å². The molecule has 1 aliphatic rings. The normalized spacial score (nSPS) is 24.3. The van der Waals surface area contributed by atoms with Crippen molar-refractivity contribution in [1.82, 2.24) is 4.90 Å². The van der Waals surface area contributed by atoms with E-state index in [-0.39, 0.29) is 18.1 Å². The second-order valence-electron chi connectivity index (χ2n) is 4.45. The zero-order valence-corrected chi connectivity index (χ0v) is 10.9. The van der Waals surface area contributed by atoms with E-state index in [9.17, 15) is 4.79 Å². The van der Waals surface area contributed by atoms with Crippen molar-refractivity contribution >= 4 is 5.91 Å². The van der Waals surface area contributed by atoms with E-state index in [1.54, 1.807) is 14.2 Å². The van der Waals surface area contributed by atoms with Crippen LogP contribution >= 0.6 is 0 Å². The van der Waals surface area contributed by atoms with Gasteiger partial charge in [0.15, 0.2) is 0 Å². The van der Waals surface area contributed by atoms with Crippen LogP contribution in [0.3, 0.4) is 0 Å². The van der Waals surface area contributed by atoms with Crippen molar-refractivity contribution in [2.24, 2.45) is 5.73 Å². The number of rotatable bonds is 7. The largest absolute Gasteiger partial charge is 0.377 e. The van der Waals surface area contributed by atoms with E-state index in [1.165, 1.54) is 0 Å². The number of nitrogens with zero attached hydrogens (tertiary/aromatic N) is 1. The molecule has 17 heavy (non-hydrogen) atoms. The minimum absolute atomic E-state index is 0.00740. The summed E-state index contributed by atoms with van der Waals surface area (Å²) in [5.41, 5.74) is 5.41. The molecule has 1 saturated heterocycles. The molecule has 5 heteroatoms. The number of likely N-dealkylation sites (tertiary alicyclic amines) is 1. The van der Waals surface area contributed by atoms with Gasteiger partial charge in [0, 0.05) is 33.7 Å². The van der Waals surface area contributed by atoms with E-state index >= 15 is 0 Å². The molecule has 2 unspecified atom stereocenters. The van der Waals surface area contributed by atoms with E-state index in [2.05, 4.69) is 0 Å². The monoisotopic (exact) mass is 244 g/mol. The standard InChI is InChI=1S/C12H24N2O3/c1-16-10-8-14(9-11(10)17-2)12(15)6-4-3-5-7-13/h10-11H,3-9,13H2,1-2H3. The highest BCUT2D eigenvalue weighted by Crippen LogP contribution is 2.17. The molecule has 0 aromatic heterocycles. The summed E-state index contributed by atoms with van der Waals surface area (Å²) in [6.07, 6.45) is 3.56. The molecule has 1 rings (SSSR count). The number of ether oxygens (including phenoxy) is 2. The minimum atomic E-state index is 0.00740. The Morgan fingerprint density at radius 1 is 1.18 bits per heavy atom. The van der Waals surface area contributed by atoms with Crippen LogP contribution in [-0.2, 0) is 14.3 Å². The van der Waals surface area contributed by atoms with Gasteiger partial charge in [0.05, 0.1) is 0 Å². The molecule has 5 nitrogen and oxygen atoms in total. The van der Waals surface area contributed by atoms with Gasteiger partial charge in [-0.05, 0) is 19.4 Å². The fourth-order valence-corrected chi connectivity index (χ4v) is 2.16. The maximum Gasteiger partial charge on any atom is 0.222 e. The fourth-order valence-electron chi connectivity index (χ4n) is 2.16. The predicted octanol–water partition coefficient (Wildman–Crippen LogP) is 0.378. The number of amides is 1. The molecule has 0 saturated carbocycles. The van der Waals surface area contributed by atoms with Gasteiger partial charge < -0.3 is 20.1 Å². The van der Waals surface area contributed by atoms with E-state index in [1.807, 2.05) is 4.90 Å². The number of carbonyl (C=O) groups excluding carboxylic acids is 1. The van der Waals surface area contributed by atoms with E-state index < -0.39 is 0 Å². The number of hydrogen-bond acceptors (Lipinski definition) is 4. The molecule has 1 heterocycles. The molecule has 1 amide bonds. The molecular weight excluding hydrogens is 220 g/mol. The van der Waals surface area contributed by atoms with Gasteiger partial charge in [-0.1, -0.05) is 6.42 Å². The maximum absolute atomic E-state index is 11.9. The zero-order chi connectivity index (χ0) is 12.7. The summed E-state index contributed by atoms with van der Waals surface area (Å²) in [5.74, 6) is 0.198. The van der Waals surface area contributed by atoms with Gasteiger partial charge in [0.25, 0.3) is 0 Å². The van der Waals surface area contributed by atoms with Crippen molar-refractivity contribution < 1.29 is 14.3 Å². The summed E-state index contributed by atoms with van der Waals surface area (Å²) in [6, 6.07) is 0. The third-order valence-electron chi connectivity index (χ3n) is 3.27. The van der Waals surface area contributed by atoms with Gasteiger partial charge in [0.2, 0.25) is 5.91 Å². The maximum atomic E-state index is 11.9. The van der Waals surface area contributed by atoms with Crippen LogP contribution in [0.25, 0.3) is 0 Å². The Morgan fingerprint density at radius 3 is 2.24 bits per heavy atom. The zero-order valence-electron chi connectivity index (χ0n) is 10.9. The van der Waals surface area contributed by atoms with Crippen LogP contribution in [0.4, 0.5) is 0 Å². The first-order valence-electron chi connectivity index (χ1n) is 6.26. The van der Waals surface area contributed by atoms with Crippen LogP contribution in [0.2, 0.25) is 0 Å². The highest BCUT2D eigenvalue weighted by atomic mass is 16.5. The topological polar surface area (TPSA) is 64.8 Å². The molecule has 0 radical (unpaired) electrons. The second-order valence-corrected chi connectivity index (χ2v) is 4.45. The summed E-state index contributed by atoms with van der Waals surface area (Å²) in [6.45, 7) is 1.99. The Kier molecular flexibility index (Phi) is 6.47. The number of unbranched alkanes of at least 4 members (excludes halogenated alkanes) is 2. The summed E-state index contributed by atoms with van der Waals surface area (Å²) in [4.78, 5) is 13.8. The smallest absolute Gasteiger partial charge is 0.222 e. The first-order chi connectivity index (χ1) is 8.22. The quantitative estimate of drug-likeness (QED) is 0.657. The van der Waals surface area contributed by atoms with Crippen molar-refractivity contribution in [2.45, 2.75) is 37.9 Å². The summed E-state index contributed by atoms with van der Waals surface area (Å²) < 4.78 is 10.6. The predicted molar refractivity (Wildman–Crippen MR) is 65.7 cm³/mol. The third kappa shape index (κ3) is 4.26. The molecular formula is C12H24N2O3. The SMILES string of the molecule is COC1CN(C(=O)CCCCCN)CC1OC. The highest BCUT2D eigenvalue weighted by Gasteiger charge is 2.34. The molecule has 1 aliphatic heterocycles. The average molecular weight is 244 g/mol. The first-order valence-corrected chi connectivity index (χ1v) is 6.26. The molecule has 2 N–H and O–H groups in total. The van der Waals surface area contributed by atoms with Crippen LogP contribution in [0.15, 0.2) is 0 Å². The van der Waals surface area contributed by atoms with E-state index in [0.29, 0.717) is 26.1 Å². The summed E-state index contributed by atoms with van der Waals surface area (Å²) >= 11 is 0. The average Bonchev–Trinajstić information content (AvgIpc) is 2.77. The Balaban J connectivity index is 2.28. The van der Waals surface area contributed by atoms with Gasteiger partial charge in [0.1, 0.15) is 12.2 Å². The van der Waals surface area contributed by atoms with Gasteiger partial charge in [-0.25, -0.2) is 0 Å². The molecule has 0 spiro atoms. The minimum Gasteiger partial charge on any atom is -0.377 e. The van der Waals surface area contributed by atoms with Gasteiger partial charge in [-0.15, -0.1) is 0 Å². The number of methoxy groups -OCH3 is 2. The van der Waals surface area contributed by atoms with Crippen molar-refractivity contribution in [3.8, 4) is 0 Å². The lowest BCUT2D eigenvalue weighted by atomic mass is 10.2. The molecule has 0 aliphatic carbocycles. The number of nitrogens with two attached hydrogens (primary N) is 1. The number of hydrogen-bond donors (Lipinski definition) is 1. The van der Waals surface area contributed by atoms with Crippen molar-refractivity contribution in [3.05, 3.63) is 0 Å². The van der Waals surface area contributed by atoms with E-state index in [0.717, 1.165) is 19.3 Å². The van der Waals surface area contributed by atoms with Crippen LogP contribution in [0.5, 0.6) is 0 Å². The van der Waals surface area contributed by atoms with Crippen LogP contribution in [0, 0.1) is 0 Å². The Hall–Kier alpha value is -0.650. The first kappa shape index (κ1) is 14.4. The Bertz CT molecular complexity index is 224. The molecule has 0 bridgehead atoms. The van der Waals surface area contributed by atoms with Crippen LogP contribution in [0.1, 0.15) is 25.7 Å². The lowest BCUT2D eigenvalue weighted by Crippen LogP contribution is -2.29. The summed E-state index contributed by atoms with van der Waals surface area (Å²) in [7, 11) is 3.32. The molecule has 1 fully saturated rings. The third-order valence-corrected chi connectivity index (χ3v) is 3.27. The van der Waals surface area contributed by atoms with E-state index in [4.69, 9.17) is 15.2 Å². The van der Waals surface area contributed by atoms with Gasteiger partial charge in [-0.3, -0.25) is 4.79 Å². The molecule has 0 aromatic rings. The Labute approximate surface area is 103 Å². The lowest BCUT2D eigenvalue weighted by molar-refractivity contribution is -0.130. The molecule has 100 valence electrons. The van der Waals surface area contributed by atoms with Crippen molar-refractivity contribution in [1.29, 1.82) is 0 Å². The molecule has 0 aromatic carbocycles. The Morgan fingerprint density at radius 2 is 1.76 bits per heavy atom. The number of carbonyl (C=O) groups is 1. The second kappa shape index (κ2) is 7.63. The lowest BCUT2D eigenvalue weighted by Gasteiger charge is -2.15. The van der Waals surface area contributed by atoms with Crippen molar-refractivity contribution in [2.75, 3.05) is 33.9 Å². The molecule has 2 atom stereocenters. The fraction of sp³-hybridized carbons (Fsp3) is 0.917. The highest BCUT2D eigenvalue weighted by molar-refractivity contribution is 5.76. The summed E-state index contributed by atoms with van der Waals surface area (Å²) in [5, 5.41) is 0. The van der Waals surface area contributed by atoms with Crippen LogP contribution in [-0.4, -0.2) is 56.9 Å².